The van der Waals surface area contributed by atoms with Crippen LogP contribution in [0.1, 0.15) is 46.1 Å². The summed E-state index contributed by atoms with van der Waals surface area (Å²) in [5.41, 5.74) is 0.304. The average Bonchev–Trinajstić information content (AvgIpc) is 2.90. The third-order valence-electron chi connectivity index (χ3n) is 4.67. The number of carboxylic acid groups (broad SMARTS) is 1. The number of carbonyl (C=O) groups is 2. The third-order valence-corrected chi connectivity index (χ3v) is 4.67. The van der Waals surface area contributed by atoms with Crippen molar-refractivity contribution in [2.24, 2.45) is 5.92 Å². The van der Waals surface area contributed by atoms with Crippen LogP contribution in [-0.2, 0) is 20.9 Å². The number of aliphatic hydroxyl groups excluding tert-OH is 1. The van der Waals surface area contributed by atoms with Crippen LogP contribution in [-0.4, -0.2) is 50.8 Å². The number of aliphatic carboxylic acids is 1. The fourth-order valence-electron chi connectivity index (χ4n) is 3.61. The van der Waals surface area contributed by atoms with Crippen molar-refractivity contribution in [2.75, 3.05) is 0 Å². The molecule has 0 aliphatic carbocycles. The maximum absolute atomic E-state index is 12.7. The lowest BCUT2D eigenvalue weighted by Gasteiger charge is -2.35. The number of carboxylic acids is 1. The zero-order valence-electron chi connectivity index (χ0n) is 15.9. The van der Waals surface area contributed by atoms with Crippen LogP contribution >= 0.6 is 0 Å². The highest BCUT2D eigenvalue weighted by Crippen LogP contribution is 2.34. The van der Waals surface area contributed by atoms with Crippen LogP contribution in [0.3, 0.4) is 0 Å². The smallest absolute Gasteiger partial charge is 0.320 e. The summed E-state index contributed by atoms with van der Waals surface area (Å²) in [5.74, 6) is -2.18. The highest BCUT2D eigenvalue weighted by molar-refractivity contribution is 5.76. The second-order valence-electron chi connectivity index (χ2n) is 7.96. The van der Waals surface area contributed by atoms with E-state index in [1.165, 1.54) is 0 Å². The Morgan fingerprint density at radius 3 is 2.35 bits per heavy atom. The lowest BCUT2D eigenvalue weighted by Crippen LogP contribution is -2.49. The normalized spacial score (nSPS) is 23.4. The molecule has 0 spiro atoms. The second-order valence-corrected chi connectivity index (χ2v) is 7.96. The summed E-state index contributed by atoms with van der Waals surface area (Å²) >= 11 is 0. The molecule has 0 aromatic heterocycles. The zero-order chi connectivity index (χ0) is 19.5. The van der Waals surface area contributed by atoms with E-state index in [0.717, 1.165) is 5.56 Å². The van der Waals surface area contributed by atoms with E-state index < -0.39 is 35.6 Å². The van der Waals surface area contributed by atoms with Gasteiger partial charge in [-0.15, -0.1) is 0 Å². The van der Waals surface area contributed by atoms with E-state index in [0.29, 0.717) is 19.4 Å². The first-order chi connectivity index (χ1) is 12.1. The summed E-state index contributed by atoms with van der Waals surface area (Å²) in [5, 5.41) is 19.9. The van der Waals surface area contributed by atoms with Crippen LogP contribution in [0, 0.1) is 5.92 Å². The van der Waals surface area contributed by atoms with Crippen LogP contribution < -0.4 is 0 Å². The van der Waals surface area contributed by atoms with Gasteiger partial charge < -0.3 is 14.9 Å². The first kappa shape index (κ1) is 20.4. The summed E-state index contributed by atoms with van der Waals surface area (Å²) in [6.45, 7) is 7.30. The molecule has 1 aliphatic rings. The molecule has 6 heteroatoms. The standard InChI is InChI=1S/C20H29NO5/c1-13(22)17(19(25)26-20(2,3)4)15-10-11-16(18(23)24)21(15)12-14-8-6-5-7-9-14/h5-9,13,15-17,22H,10-12H2,1-4H3,(H,23,24)/t13?,15-,16+,17?/m1/s1. The number of aliphatic hydroxyl groups is 1. The number of nitrogens with zero attached hydrogens (tertiary/aromatic N) is 1. The first-order valence-electron chi connectivity index (χ1n) is 9.03. The maximum atomic E-state index is 12.7. The molecule has 2 rings (SSSR count). The van der Waals surface area contributed by atoms with E-state index in [2.05, 4.69) is 0 Å². The van der Waals surface area contributed by atoms with Gasteiger partial charge in [-0.3, -0.25) is 14.5 Å². The number of esters is 1. The fraction of sp³-hybridized carbons (Fsp3) is 0.600. The van der Waals surface area contributed by atoms with Crippen molar-refractivity contribution in [3.63, 3.8) is 0 Å². The Balaban J connectivity index is 2.29. The number of ether oxygens (including phenoxy) is 1. The van der Waals surface area contributed by atoms with Crippen molar-refractivity contribution in [3.05, 3.63) is 35.9 Å². The number of benzene rings is 1. The number of rotatable bonds is 6. The van der Waals surface area contributed by atoms with Gasteiger partial charge in [0, 0.05) is 12.6 Å². The molecule has 4 atom stereocenters. The van der Waals surface area contributed by atoms with Gasteiger partial charge in [0.05, 0.1) is 12.0 Å². The molecule has 1 fully saturated rings. The molecule has 2 N–H and O–H groups in total. The second kappa shape index (κ2) is 8.18. The Kier molecular flexibility index (Phi) is 6.42. The van der Waals surface area contributed by atoms with E-state index in [1.807, 2.05) is 35.2 Å². The van der Waals surface area contributed by atoms with Crippen LogP contribution in [0.4, 0.5) is 0 Å². The number of hydrogen-bond donors (Lipinski definition) is 2. The molecule has 0 bridgehead atoms. The van der Waals surface area contributed by atoms with Crippen molar-refractivity contribution < 1.29 is 24.5 Å². The molecule has 2 unspecified atom stereocenters. The number of hydrogen-bond acceptors (Lipinski definition) is 5. The third kappa shape index (κ3) is 5.05. The molecule has 26 heavy (non-hydrogen) atoms. The zero-order valence-corrected chi connectivity index (χ0v) is 15.9. The van der Waals surface area contributed by atoms with Gasteiger partial charge in [-0.1, -0.05) is 30.3 Å². The molecule has 0 amide bonds. The molecule has 1 heterocycles. The minimum absolute atomic E-state index is 0.383. The highest BCUT2D eigenvalue weighted by Gasteiger charge is 2.46. The van der Waals surface area contributed by atoms with Gasteiger partial charge in [-0.2, -0.15) is 0 Å². The molecule has 1 saturated heterocycles. The highest BCUT2D eigenvalue weighted by atomic mass is 16.6. The molecule has 1 aliphatic heterocycles. The van der Waals surface area contributed by atoms with Crippen LogP contribution in [0.2, 0.25) is 0 Å². The van der Waals surface area contributed by atoms with E-state index in [9.17, 15) is 19.8 Å². The number of carbonyl (C=O) groups excluding carboxylic acids is 1. The van der Waals surface area contributed by atoms with E-state index in [-0.39, 0.29) is 6.04 Å². The summed E-state index contributed by atoms with van der Waals surface area (Å²) in [4.78, 5) is 26.2. The van der Waals surface area contributed by atoms with E-state index in [4.69, 9.17) is 4.74 Å². The van der Waals surface area contributed by atoms with Gasteiger partial charge in [-0.05, 0) is 46.1 Å². The monoisotopic (exact) mass is 363 g/mol. The van der Waals surface area contributed by atoms with Crippen LogP contribution in [0.25, 0.3) is 0 Å². The molecule has 1 aromatic carbocycles. The predicted octanol–water partition coefficient (Wildman–Crippen LogP) is 2.44. The summed E-state index contributed by atoms with van der Waals surface area (Å²) in [6.07, 6.45) is 0.0398. The molecule has 0 radical (unpaired) electrons. The minimum atomic E-state index is -0.930. The van der Waals surface area contributed by atoms with Crippen molar-refractivity contribution in [1.82, 2.24) is 4.90 Å². The summed E-state index contributed by atoms with van der Waals surface area (Å²) in [7, 11) is 0. The SMILES string of the molecule is CC(O)C(C(=O)OC(C)(C)C)[C@H]1CC[C@@H](C(=O)O)N1Cc1ccccc1. The van der Waals surface area contributed by atoms with Gasteiger partial charge in [0.2, 0.25) is 0 Å². The van der Waals surface area contributed by atoms with Gasteiger partial charge in [0.1, 0.15) is 11.6 Å². The lowest BCUT2D eigenvalue weighted by atomic mass is 9.92. The van der Waals surface area contributed by atoms with Crippen LogP contribution in [0.5, 0.6) is 0 Å². The van der Waals surface area contributed by atoms with E-state index in [1.54, 1.807) is 27.7 Å². The Hall–Kier alpha value is -1.92. The molecular formula is C20H29NO5. The largest absolute Gasteiger partial charge is 0.480 e. The van der Waals surface area contributed by atoms with Gasteiger partial charge in [0.25, 0.3) is 0 Å². The topological polar surface area (TPSA) is 87.1 Å². The van der Waals surface area contributed by atoms with Crippen molar-refractivity contribution >= 4 is 11.9 Å². The number of likely N-dealkylation sites (tertiary alicyclic amines) is 1. The molecule has 144 valence electrons. The quantitative estimate of drug-likeness (QED) is 0.755. The fourth-order valence-corrected chi connectivity index (χ4v) is 3.61. The van der Waals surface area contributed by atoms with Gasteiger partial charge in [0.15, 0.2) is 0 Å². The molecule has 6 nitrogen and oxygen atoms in total. The average molecular weight is 363 g/mol. The minimum Gasteiger partial charge on any atom is -0.480 e. The lowest BCUT2D eigenvalue weighted by molar-refractivity contribution is -0.168. The Labute approximate surface area is 154 Å². The van der Waals surface area contributed by atoms with Crippen LogP contribution in [0.15, 0.2) is 30.3 Å². The first-order valence-corrected chi connectivity index (χ1v) is 9.03. The Morgan fingerprint density at radius 1 is 1.23 bits per heavy atom. The van der Waals surface area contributed by atoms with Crippen molar-refractivity contribution in [3.8, 4) is 0 Å². The van der Waals surface area contributed by atoms with Gasteiger partial charge >= 0.3 is 11.9 Å². The Bertz CT molecular complexity index is 623. The predicted molar refractivity (Wildman–Crippen MR) is 97.4 cm³/mol. The summed E-state index contributed by atoms with van der Waals surface area (Å²) in [6, 6.07) is 8.50. The molecule has 1 aromatic rings. The van der Waals surface area contributed by atoms with Gasteiger partial charge in [-0.25, -0.2) is 0 Å². The summed E-state index contributed by atoms with van der Waals surface area (Å²) < 4.78 is 5.49. The molecular weight excluding hydrogens is 334 g/mol. The Morgan fingerprint density at radius 2 is 1.85 bits per heavy atom. The maximum Gasteiger partial charge on any atom is 0.320 e. The van der Waals surface area contributed by atoms with Crippen molar-refractivity contribution in [2.45, 2.75) is 70.9 Å². The van der Waals surface area contributed by atoms with Crippen molar-refractivity contribution in [1.29, 1.82) is 0 Å². The van der Waals surface area contributed by atoms with E-state index >= 15 is 0 Å². The molecule has 0 saturated carbocycles.